The molecule has 0 aliphatic carbocycles. The molecular weight excluding hydrogens is 138 g/mol. The Morgan fingerprint density at radius 3 is 2.91 bits per heavy atom. The Balaban J connectivity index is 2.34. The minimum Gasteiger partial charge on any atom is -0.298 e. The highest BCUT2D eigenvalue weighted by Gasteiger charge is 2.22. The van der Waals surface area contributed by atoms with Crippen molar-refractivity contribution in [1.82, 2.24) is 4.90 Å². The number of piperidine rings is 1. The van der Waals surface area contributed by atoms with E-state index in [1.807, 2.05) is 6.92 Å². The van der Waals surface area contributed by atoms with E-state index in [-0.39, 0.29) is 0 Å². The van der Waals surface area contributed by atoms with Crippen molar-refractivity contribution in [3.8, 4) is 0 Å². The monoisotopic (exact) mass is 155 g/mol. The second-order valence-corrected chi connectivity index (χ2v) is 3.43. The van der Waals surface area contributed by atoms with Gasteiger partial charge in [0.1, 0.15) is 5.78 Å². The maximum absolute atomic E-state index is 11.2. The molecule has 0 bridgehead atoms. The number of ketones is 1. The summed E-state index contributed by atoms with van der Waals surface area (Å²) in [5, 5.41) is 0. The van der Waals surface area contributed by atoms with E-state index in [2.05, 4.69) is 11.8 Å². The summed E-state index contributed by atoms with van der Waals surface area (Å²) in [5.74, 6) is 0.729. The fourth-order valence-electron chi connectivity index (χ4n) is 1.50. The smallest absolute Gasteiger partial charge is 0.149 e. The van der Waals surface area contributed by atoms with Crippen LogP contribution >= 0.6 is 0 Å². The molecule has 1 rings (SSSR count). The maximum Gasteiger partial charge on any atom is 0.149 e. The van der Waals surface area contributed by atoms with Crippen molar-refractivity contribution >= 4 is 5.78 Å². The number of carbonyl (C=O) groups is 1. The lowest BCUT2D eigenvalue weighted by Crippen LogP contribution is -2.40. The number of hydrogen-bond donors (Lipinski definition) is 0. The molecule has 0 saturated carbocycles. The lowest BCUT2D eigenvalue weighted by atomic mass is 9.98. The molecule has 1 saturated heterocycles. The first kappa shape index (κ1) is 8.72. The molecule has 0 spiro atoms. The summed E-state index contributed by atoms with van der Waals surface area (Å²) in [6.45, 7) is 7.07. The Hall–Kier alpha value is -0.370. The van der Waals surface area contributed by atoms with Crippen LogP contribution in [0, 0.1) is 5.92 Å². The lowest BCUT2D eigenvalue weighted by molar-refractivity contribution is -0.126. The zero-order valence-corrected chi connectivity index (χ0v) is 7.47. The zero-order valence-electron chi connectivity index (χ0n) is 7.47. The predicted molar refractivity (Wildman–Crippen MR) is 45.5 cm³/mol. The molecule has 1 heterocycles. The molecule has 1 aliphatic heterocycles. The highest BCUT2D eigenvalue weighted by Crippen LogP contribution is 2.12. The second kappa shape index (κ2) is 3.86. The first-order valence-corrected chi connectivity index (χ1v) is 4.49. The highest BCUT2D eigenvalue weighted by atomic mass is 16.1. The molecule has 11 heavy (non-hydrogen) atoms. The number of Topliss-reactive ketones (excluding diaryl/α,β-unsaturated/α-hetero) is 1. The van der Waals surface area contributed by atoms with Crippen molar-refractivity contribution in [1.29, 1.82) is 0 Å². The molecule has 0 amide bonds. The van der Waals surface area contributed by atoms with Crippen molar-refractivity contribution in [2.24, 2.45) is 5.92 Å². The van der Waals surface area contributed by atoms with Gasteiger partial charge in [-0.05, 0) is 25.9 Å². The molecule has 1 atom stereocenters. The van der Waals surface area contributed by atoms with Crippen LogP contribution in [0.3, 0.4) is 0 Å². The van der Waals surface area contributed by atoms with Crippen LogP contribution in [0.15, 0.2) is 0 Å². The van der Waals surface area contributed by atoms with E-state index in [1.165, 1.54) is 0 Å². The van der Waals surface area contributed by atoms with E-state index >= 15 is 0 Å². The van der Waals surface area contributed by atoms with Gasteiger partial charge >= 0.3 is 0 Å². The summed E-state index contributed by atoms with van der Waals surface area (Å²) in [7, 11) is 0. The molecule has 2 nitrogen and oxygen atoms in total. The highest BCUT2D eigenvalue weighted by molar-refractivity contribution is 5.83. The standard InChI is InChI=1S/C9H17NO/c1-3-5-10-6-4-8(2)9(11)7-10/h8H,3-7H2,1-2H3. The normalized spacial score (nSPS) is 27.5. The van der Waals surface area contributed by atoms with Crippen molar-refractivity contribution in [3.05, 3.63) is 0 Å². The van der Waals surface area contributed by atoms with Crippen LogP contribution in [-0.2, 0) is 4.79 Å². The van der Waals surface area contributed by atoms with Gasteiger partial charge in [-0.25, -0.2) is 0 Å². The molecule has 0 N–H and O–H groups in total. The van der Waals surface area contributed by atoms with Crippen LogP contribution in [0.5, 0.6) is 0 Å². The van der Waals surface area contributed by atoms with Gasteiger partial charge in [-0.2, -0.15) is 0 Å². The van der Waals surface area contributed by atoms with Crippen LogP contribution in [0.1, 0.15) is 26.7 Å². The number of likely N-dealkylation sites (tertiary alicyclic amines) is 1. The fourth-order valence-corrected chi connectivity index (χ4v) is 1.50. The third-order valence-electron chi connectivity index (χ3n) is 2.35. The molecule has 64 valence electrons. The van der Waals surface area contributed by atoms with Crippen molar-refractivity contribution < 1.29 is 4.79 Å². The summed E-state index contributed by atoms with van der Waals surface area (Å²) in [6.07, 6.45) is 2.21. The first-order valence-electron chi connectivity index (χ1n) is 4.49. The topological polar surface area (TPSA) is 20.3 Å². The van der Waals surface area contributed by atoms with Crippen LogP contribution in [0.25, 0.3) is 0 Å². The minimum absolute atomic E-state index is 0.308. The van der Waals surface area contributed by atoms with Crippen molar-refractivity contribution in [2.75, 3.05) is 19.6 Å². The van der Waals surface area contributed by atoms with Gasteiger partial charge in [0.2, 0.25) is 0 Å². The molecule has 0 aromatic rings. The van der Waals surface area contributed by atoms with Gasteiger partial charge in [-0.3, -0.25) is 9.69 Å². The summed E-state index contributed by atoms with van der Waals surface area (Å²) in [4.78, 5) is 13.5. The molecule has 0 radical (unpaired) electrons. The third-order valence-corrected chi connectivity index (χ3v) is 2.35. The van der Waals surface area contributed by atoms with E-state index in [1.54, 1.807) is 0 Å². The average Bonchev–Trinajstić information content (AvgIpc) is 1.98. The zero-order chi connectivity index (χ0) is 8.27. The van der Waals surface area contributed by atoms with Gasteiger partial charge in [0.15, 0.2) is 0 Å². The van der Waals surface area contributed by atoms with Crippen LogP contribution < -0.4 is 0 Å². The molecular formula is C9H17NO. The predicted octanol–water partition coefficient (Wildman–Crippen LogP) is 1.31. The van der Waals surface area contributed by atoms with Gasteiger partial charge < -0.3 is 0 Å². The first-order chi connectivity index (χ1) is 5.24. The van der Waals surface area contributed by atoms with Crippen LogP contribution in [0.2, 0.25) is 0 Å². The van der Waals surface area contributed by atoms with Gasteiger partial charge in [-0.15, -0.1) is 0 Å². The van der Waals surface area contributed by atoms with E-state index in [9.17, 15) is 4.79 Å². The lowest BCUT2D eigenvalue weighted by Gasteiger charge is -2.28. The summed E-state index contributed by atoms with van der Waals surface area (Å²) in [5.41, 5.74) is 0. The Morgan fingerprint density at radius 2 is 2.36 bits per heavy atom. The maximum atomic E-state index is 11.2. The third kappa shape index (κ3) is 2.29. The molecule has 1 unspecified atom stereocenters. The second-order valence-electron chi connectivity index (χ2n) is 3.43. The Labute approximate surface area is 68.6 Å². The number of rotatable bonds is 2. The van der Waals surface area contributed by atoms with Gasteiger partial charge in [0.25, 0.3) is 0 Å². The van der Waals surface area contributed by atoms with Crippen molar-refractivity contribution in [3.63, 3.8) is 0 Å². The molecule has 0 aromatic carbocycles. The SMILES string of the molecule is CCCN1CCC(C)C(=O)C1. The van der Waals surface area contributed by atoms with E-state index in [0.717, 1.165) is 25.9 Å². The summed E-state index contributed by atoms with van der Waals surface area (Å²) < 4.78 is 0. The Bertz CT molecular complexity index is 144. The molecule has 0 aromatic heterocycles. The van der Waals surface area contributed by atoms with E-state index < -0.39 is 0 Å². The minimum atomic E-state index is 0.308. The number of carbonyl (C=O) groups excluding carboxylic acids is 1. The van der Waals surface area contributed by atoms with Crippen molar-refractivity contribution in [2.45, 2.75) is 26.7 Å². The average molecular weight is 155 g/mol. The Morgan fingerprint density at radius 1 is 1.64 bits per heavy atom. The molecule has 1 fully saturated rings. The van der Waals surface area contributed by atoms with Crippen LogP contribution in [-0.4, -0.2) is 30.3 Å². The van der Waals surface area contributed by atoms with Gasteiger partial charge in [0, 0.05) is 5.92 Å². The Kier molecular flexibility index (Phi) is 3.06. The molecule has 1 aliphatic rings. The van der Waals surface area contributed by atoms with Crippen LogP contribution in [0.4, 0.5) is 0 Å². The number of hydrogen-bond acceptors (Lipinski definition) is 2. The summed E-state index contributed by atoms with van der Waals surface area (Å²) in [6, 6.07) is 0. The largest absolute Gasteiger partial charge is 0.298 e. The van der Waals surface area contributed by atoms with E-state index in [4.69, 9.17) is 0 Å². The van der Waals surface area contributed by atoms with E-state index in [0.29, 0.717) is 18.2 Å². The van der Waals surface area contributed by atoms with Gasteiger partial charge in [0.05, 0.1) is 6.54 Å². The fraction of sp³-hybridized carbons (Fsp3) is 0.889. The van der Waals surface area contributed by atoms with Gasteiger partial charge in [-0.1, -0.05) is 13.8 Å². The number of nitrogens with zero attached hydrogens (tertiary/aromatic N) is 1. The summed E-state index contributed by atoms with van der Waals surface area (Å²) >= 11 is 0. The molecule has 2 heteroatoms. The quantitative estimate of drug-likeness (QED) is 0.599.